The summed E-state index contributed by atoms with van der Waals surface area (Å²) in [7, 11) is 0. The Morgan fingerprint density at radius 3 is 2.94 bits per heavy atom. The Morgan fingerprint density at radius 1 is 1.50 bits per heavy atom. The number of anilines is 1. The number of nitrogen functional groups attached to an aromatic ring is 1. The predicted molar refractivity (Wildman–Crippen MR) is 64.6 cm³/mol. The molecule has 0 saturated carbocycles. The molecular weight excluding hydrogens is 268 g/mol. The van der Waals surface area contributed by atoms with Gasteiger partial charge in [0.15, 0.2) is 5.82 Å². The maximum absolute atomic E-state index is 8.78. The molecule has 2 rings (SSSR count). The first kappa shape index (κ1) is 10.7. The van der Waals surface area contributed by atoms with Crippen LogP contribution >= 0.6 is 15.9 Å². The Morgan fingerprint density at radius 2 is 2.31 bits per heavy atom. The van der Waals surface area contributed by atoms with E-state index < -0.39 is 0 Å². The van der Waals surface area contributed by atoms with Gasteiger partial charge in [0, 0.05) is 6.20 Å². The van der Waals surface area contributed by atoms with Crippen molar-refractivity contribution in [1.29, 1.82) is 5.26 Å². The predicted octanol–water partition coefficient (Wildman–Crippen LogP) is 2.15. The maximum atomic E-state index is 8.78. The number of nitriles is 1. The summed E-state index contributed by atoms with van der Waals surface area (Å²) in [6.07, 6.45) is 1.81. The number of hydrogen-bond acceptors (Lipinski definition) is 3. The van der Waals surface area contributed by atoms with E-state index in [2.05, 4.69) is 27.1 Å². The van der Waals surface area contributed by atoms with E-state index in [0.29, 0.717) is 17.9 Å². The fraction of sp³-hybridized carbons (Fsp3) is 0.0909. The Kier molecular flexibility index (Phi) is 2.93. The van der Waals surface area contributed by atoms with Crippen molar-refractivity contribution in [3.8, 4) is 6.07 Å². The highest BCUT2D eigenvalue weighted by atomic mass is 79.9. The summed E-state index contributed by atoms with van der Waals surface area (Å²) in [4.78, 5) is 0. The fourth-order valence-electron chi connectivity index (χ4n) is 1.42. The van der Waals surface area contributed by atoms with E-state index in [9.17, 15) is 0 Å². The lowest BCUT2D eigenvalue weighted by Crippen LogP contribution is -2.01. The highest BCUT2D eigenvalue weighted by molar-refractivity contribution is 9.10. The van der Waals surface area contributed by atoms with E-state index in [1.54, 1.807) is 10.7 Å². The Labute approximate surface area is 101 Å². The van der Waals surface area contributed by atoms with Crippen LogP contribution in [0.5, 0.6) is 0 Å². The summed E-state index contributed by atoms with van der Waals surface area (Å²) in [5.41, 5.74) is 7.29. The lowest BCUT2D eigenvalue weighted by Gasteiger charge is -2.01. The van der Waals surface area contributed by atoms with Gasteiger partial charge in [-0.3, -0.25) is 4.68 Å². The Balaban J connectivity index is 2.24. The van der Waals surface area contributed by atoms with Crippen LogP contribution in [0.25, 0.3) is 0 Å². The molecule has 1 aromatic heterocycles. The molecule has 0 aliphatic carbocycles. The van der Waals surface area contributed by atoms with Gasteiger partial charge in [-0.2, -0.15) is 10.4 Å². The lowest BCUT2D eigenvalue weighted by atomic mass is 10.1. The van der Waals surface area contributed by atoms with Crippen LogP contribution in [-0.2, 0) is 6.54 Å². The van der Waals surface area contributed by atoms with Crippen molar-refractivity contribution in [3.63, 3.8) is 0 Å². The van der Waals surface area contributed by atoms with Crippen LogP contribution in [0, 0.1) is 11.3 Å². The van der Waals surface area contributed by atoms with Gasteiger partial charge in [0.25, 0.3) is 0 Å². The number of aromatic nitrogens is 2. The van der Waals surface area contributed by atoms with Gasteiger partial charge in [0.1, 0.15) is 0 Å². The summed E-state index contributed by atoms with van der Waals surface area (Å²) in [5.74, 6) is 0.469. The molecular formula is C11H9BrN4. The molecule has 0 aliphatic heterocycles. The number of rotatable bonds is 2. The van der Waals surface area contributed by atoms with E-state index in [1.807, 2.05) is 24.4 Å². The van der Waals surface area contributed by atoms with Crippen LogP contribution in [0.1, 0.15) is 11.1 Å². The van der Waals surface area contributed by atoms with Gasteiger partial charge in [-0.15, -0.1) is 0 Å². The zero-order chi connectivity index (χ0) is 11.5. The minimum Gasteiger partial charge on any atom is -0.381 e. The smallest absolute Gasteiger partial charge is 0.159 e. The van der Waals surface area contributed by atoms with Crippen molar-refractivity contribution in [1.82, 2.24) is 9.78 Å². The van der Waals surface area contributed by atoms with Crippen LogP contribution in [0.3, 0.4) is 0 Å². The van der Waals surface area contributed by atoms with Crippen LogP contribution in [0.2, 0.25) is 0 Å². The SMILES string of the molecule is N#Cc1cccc(Cn2cc(Br)c(N)n2)c1. The monoisotopic (exact) mass is 276 g/mol. The van der Waals surface area contributed by atoms with E-state index in [0.717, 1.165) is 10.0 Å². The van der Waals surface area contributed by atoms with Crippen molar-refractivity contribution in [3.05, 3.63) is 46.1 Å². The van der Waals surface area contributed by atoms with Crippen LogP contribution in [-0.4, -0.2) is 9.78 Å². The molecule has 0 amide bonds. The minimum atomic E-state index is 0.469. The average Bonchev–Trinajstić information content (AvgIpc) is 2.58. The Bertz CT molecular complexity index is 534. The number of hydrogen-bond donors (Lipinski definition) is 1. The fourth-order valence-corrected chi connectivity index (χ4v) is 1.73. The number of nitrogens with two attached hydrogens (primary N) is 1. The third kappa shape index (κ3) is 2.23. The first-order valence-corrected chi connectivity index (χ1v) is 5.46. The first-order chi connectivity index (χ1) is 7.69. The summed E-state index contributed by atoms with van der Waals surface area (Å²) < 4.78 is 2.51. The van der Waals surface area contributed by atoms with Gasteiger partial charge in [-0.25, -0.2) is 0 Å². The van der Waals surface area contributed by atoms with Gasteiger partial charge in [0.2, 0.25) is 0 Å². The van der Waals surface area contributed by atoms with Crippen LogP contribution < -0.4 is 5.73 Å². The normalized spacial score (nSPS) is 10.0. The van der Waals surface area contributed by atoms with Gasteiger partial charge < -0.3 is 5.73 Å². The third-order valence-corrected chi connectivity index (χ3v) is 2.75. The molecule has 0 radical (unpaired) electrons. The first-order valence-electron chi connectivity index (χ1n) is 4.66. The summed E-state index contributed by atoms with van der Waals surface area (Å²) in [6, 6.07) is 9.53. The van der Waals surface area contributed by atoms with Crippen molar-refractivity contribution in [2.45, 2.75) is 6.54 Å². The van der Waals surface area contributed by atoms with Crippen molar-refractivity contribution < 1.29 is 0 Å². The molecule has 0 fully saturated rings. The molecule has 0 atom stereocenters. The second-order valence-electron chi connectivity index (χ2n) is 3.37. The molecule has 0 saturated heterocycles. The minimum absolute atomic E-state index is 0.469. The van der Waals surface area contributed by atoms with Crippen LogP contribution in [0.4, 0.5) is 5.82 Å². The van der Waals surface area contributed by atoms with Crippen molar-refractivity contribution >= 4 is 21.7 Å². The van der Waals surface area contributed by atoms with Gasteiger partial charge in [-0.05, 0) is 33.6 Å². The summed E-state index contributed by atoms with van der Waals surface area (Å²) in [5, 5.41) is 12.9. The van der Waals surface area contributed by atoms with Gasteiger partial charge in [0.05, 0.1) is 22.7 Å². The largest absolute Gasteiger partial charge is 0.381 e. The summed E-state index contributed by atoms with van der Waals surface area (Å²) >= 11 is 3.30. The topological polar surface area (TPSA) is 67.6 Å². The molecule has 0 spiro atoms. The zero-order valence-electron chi connectivity index (χ0n) is 8.39. The number of halogens is 1. The molecule has 5 heteroatoms. The average molecular weight is 277 g/mol. The molecule has 80 valence electrons. The van der Waals surface area contributed by atoms with Gasteiger partial charge in [-0.1, -0.05) is 12.1 Å². The Hall–Kier alpha value is -1.80. The molecule has 1 heterocycles. The van der Waals surface area contributed by atoms with E-state index >= 15 is 0 Å². The van der Waals surface area contributed by atoms with E-state index in [1.165, 1.54) is 0 Å². The number of nitrogens with zero attached hydrogens (tertiary/aromatic N) is 3. The maximum Gasteiger partial charge on any atom is 0.159 e. The van der Waals surface area contributed by atoms with Crippen LogP contribution in [0.15, 0.2) is 34.9 Å². The second kappa shape index (κ2) is 4.37. The lowest BCUT2D eigenvalue weighted by molar-refractivity contribution is 0.690. The molecule has 16 heavy (non-hydrogen) atoms. The highest BCUT2D eigenvalue weighted by Crippen LogP contribution is 2.17. The molecule has 0 aliphatic rings. The summed E-state index contributed by atoms with van der Waals surface area (Å²) in [6.45, 7) is 0.602. The molecule has 0 unspecified atom stereocenters. The molecule has 0 bridgehead atoms. The quantitative estimate of drug-likeness (QED) is 0.914. The molecule has 1 aromatic carbocycles. The number of benzene rings is 1. The molecule has 2 N–H and O–H groups in total. The third-order valence-electron chi connectivity index (χ3n) is 2.14. The van der Waals surface area contributed by atoms with Crippen molar-refractivity contribution in [2.24, 2.45) is 0 Å². The van der Waals surface area contributed by atoms with Crippen molar-refractivity contribution in [2.75, 3.05) is 5.73 Å². The highest BCUT2D eigenvalue weighted by Gasteiger charge is 2.03. The van der Waals surface area contributed by atoms with E-state index in [-0.39, 0.29) is 0 Å². The standard InChI is InChI=1S/C11H9BrN4/c12-10-7-16(15-11(10)14)6-9-3-1-2-8(4-9)5-13/h1-4,7H,6H2,(H2,14,15). The van der Waals surface area contributed by atoms with Gasteiger partial charge >= 0.3 is 0 Å². The second-order valence-corrected chi connectivity index (χ2v) is 4.23. The molecule has 4 nitrogen and oxygen atoms in total. The molecule has 2 aromatic rings. The zero-order valence-corrected chi connectivity index (χ0v) is 9.98. The van der Waals surface area contributed by atoms with E-state index in [4.69, 9.17) is 11.0 Å².